The van der Waals surface area contributed by atoms with Gasteiger partial charge in [-0.2, -0.15) is 0 Å². The molecule has 0 atom stereocenters. The zero-order chi connectivity index (χ0) is 17.1. The Kier molecular flexibility index (Phi) is 5.07. The molecule has 124 valence electrons. The topological polar surface area (TPSA) is 58.2 Å². The Balaban J connectivity index is 1.55. The maximum Gasteiger partial charge on any atom is 0.228 e. The number of halogens is 2. The van der Waals surface area contributed by atoms with Crippen molar-refractivity contribution < 1.29 is 9.59 Å². The van der Waals surface area contributed by atoms with E-state index < -0.39 is 0 Å². The Labute approximate surface area is 150 Å². The summed E-state index contributed by atoms with van der Waals surface area (Å²) in [5.41, 5.74) is 2.19. The molecule has 2 aromatic carbocycles. The second kappa shape index (κ2) is 7.24. The predicted molar refractivity (Wildman–Crippen MR) is 96.6 cm³/mol. The van der Waals surface area contributed by atoms with Crippen molar-refractivity contribution in [3.8, 4) is 0 Å². The second-order valence-corrected chi connectivity index (χ2v) is 6.63. The highest BCUT2D eigenvalue weighted by molar-refractivity contribution is 6.42. The molecule has 6 heteroatoms. The van der Waals surface area contributed by atoms with Gasteiger partial charge < -0.3 is 10.6 Å². The molecular formula is C18H16Cl2N2O2. The Morgan fingerprint density at radius 1 is 0.917 bits per heavy atom. The zero-order valence-corrected chi connectivity index (χ0v) is 14.3. The average molecular weight is 363 g/mol. The number of rotatable bonds is 5. The molecule has 0 unspecified atom stereocenters. The van der Waals surface area contributed by atoms with E-state index in [9.17, 15) is 9.59 Å². The van der Waals surface area contributed by atoms with Crippen molar-refractivity contribution in [3.63, 3.8) is 0 Å². The number of anilines is 2. The van der Waals surface area contributed by atoms with Crippen molar-refractivity contribution in [1.29, 1.82) is 0 Å². The van der Waals surface area contributed by atoms with Crippen molar-refractivity contribution in [2.75, 3.05) is 10.6 Å². The molecule has 1 aliphatic rings. The molecule has 0 bridgehead atoms. The van der Waals surface area contributed by atoms with E-state index in [1.807, 2.05) is 0 Å². The van der Waals surface area contributed by atoms with Gasteiger partial charge in [-0.3, -0.25) is 9.59 Å². The lowest BCUT2D eigenvalue weighted by molar-refractivity contribution is -0.117. The van der Waals surface area contributed by atoms with E-state index in [1.165, 1.54) is 0 Å². The summed E-state index contributed by atoms with van der Waals surface area (Å²) in [6.45, 7) is 0. The van der Waals surface area contributed by atoms with E-state index in [-0.39, 0.29) is 24.2 Å². The van der Waals surface area contributed by atoms with Gasteiger partial charge in [-0.05, 0) is 54.8 Å². The third-order valence-electron chi connectivity index (χ3n) is 3.73. The van der Waals surface area contributed by atoms with E-state index in [0.29, 0.717) is 15.7 Å². The van der Waals surface area contributed by atoms with Crippen LogP contribution in [0.2, 0.25) is 10.0 Å². The summed E-state index contributed by atoms with van der Waals surface area (Å²) >= 11 is 11.8. The van der Waals surface area contributed by atoms with Gasteiger partial charge in [0.25, 0.3) is 0 Å². The lowest BCUT2D eigenvalue weighted by Crippen LogP contribution is -2.15. The summed E-state index contributed by atoms with van der Waals surface area (Å²) in [5, 5.41) is 6.56. The molecule has 1 aliphatic carbocycles. The molecule has 1 fully saturated rings. The Bertz CT molecular complexity index is 771. The van der Waals surface area contributed by atoms with Crippen LogP contribution in [0, 0.1) is 5.92 Å². The number of benzene rings is 2. The highest BCUT2D eigenvalue weighted by Gasteiger charge is 2.29. The fourth-order valence-corrected chi connectivity index (χ4v) is 2.59. The van der Waals surface area contributed by atoms with Gasteiger partial charge in [-0.15, -0.1) is 0 Å². The van der Waals surface area contributed by atoms with Crippen LogP contribution in [0.3, 0.4) is 0 Å². The molecule has 2 amide bonds. The molecule has 0 spiro atoms. The zero-order valence-electron chi connectivity index (χ0n) is 12.8. The lowest BCUT2D eigenvalue weighted by Gasteiger charge is -2.08. The first-order valence-corrected chi connectivity index (χ1v) is 8.41. The van der Waals surface area contributed by atoms with Crippen LogP contribution in [-0.2, 0) is 16.0 Å². The monoisotopic (exact) mass is 362 g/mol. The van der Waals surface area contributed by atoms with Crippen LogP contribution in [0.5, 0.6) is 0 Å². The minimum Gasteiger partial charge on any atom is -0.326 e. The van der Waals surface area contributed by atoms with Crippen LogP contribution in [0.4, 0.5) is 11.4 Å². The molecule has 0 radical (unpaired) electrons. The van der Waals surface area contributed by atoms with E-state index >= 15 is 0 Å². The number of carbonyl (C=O) groups excluding carboxylic acids is 2. The third-order valence-corrected chi connectivity index (χ3v) is 4.47. The fourth-order valence-electron chi connectivity index (χ4n) is 2.27. The largest absolute Gasteiger partial charge is 0.326 e. The third kappa shape index (κ3) is 4.49. The molecule has 1 saturated carbocycles. The van der Waals surface area contributed by atoms with Crippen molar-refractivity contribution >= 4 is 46.4 Å². The Morgan fingerprint density at radius 3 is 2.12 bits per heavy atom. The van der Waals surface area contributed by atoms with E-state index in [2.05, 4.69) is 10.6 Å². The van der Waals surface area contributed by atoms with Gasteiger partial charge in [0.05, 0.1) is 16.5 Å². The molecule has 4 nitrogen and oxygen atoms in total. The van der Waals surface area contributed by atoms with E-state index in [0.717, 1.165) is 24.1 Å². The highest BCUT2D eigenvalue weighted by atomic mass is 35.5. The van der Waals surface area contributed by atoms with Crippen LogP contribution >= 0.6 is 23.2 Å². The normalized spacial score (nSPS) is 13.4. The van der Waals surface area contributed by atoms with Gasteiger partial charge in [0.2, 0.25) is 11.8 Å². The molecule has 0 aromatic heterocycles. The first-order valence-electron chi connectivity index (χ1n) is 7.66. The molecule has 0 saturated heterocycles. The van der Waals surface area contributed by atoms with Crippen molar-refractivity contribution in [2.45, 2.75) is 19.3 Å². The SMILES string of the molecule is O=C(Cc1ccc(Cl)c(Cl)c1)Nc1ccc(NC(=O)C2CC2)cc1. The minimum atomic E-state index is -0.150. The highest BCUT2D eigenvalue weighted by Crippen LogP contribution is 2.30. The van der Waals surface area contributed by atoms with Gasteiger partial charge in [-0.1, -0.05) is 29.3 Å². The van der Waals surface area contributed by atoms with Gasteiger partial charge in [0.1, 0.15) is 0 Å². The van der Waals surface area contributed by atoms with Crippen molar-refractivity contribution in [1.82, 2.24) is 0 Å². The molecule has 0 heterocycles. The summed E-state index contributed by atoms with van der Waals surface area (Å²) in [4.78, 5) is 23.8. The van der Waals surface area contributed by atoms with Gasteiger partial charge in [0, 0.05) is 17.3 Å². The first kappa shape index (κ1) is 16.8. The minimum absolute atomic E-state index is 0.0615. The Morgan fingerprint density at radius 2 is 1.54 bits per heavy atom. The number of nitrogens with one attached hydrogen (secondary N) is 2. The summed E-state index contributed by atoms with van der Waals surface area (Å²) in [5.74, 6) is 0.0742. The van der Waals surface area contributed by atoms with Crippen LogP contribution in [0.15, 0.2) is 42.5 Å². The molecule has 24 heavy (non-hydrogen) atoms. The van der Waals surface area contributed by atoms with Gasteiger partial charge in [0.15, 0.2) is 0 Å². The molecular weight excluding hydrogens is 347 g/mol. The average Bonchev–Trinajstić information content (AvgIpc) is 3.38. The predicted octanol–water partition coefficient (Wildman–Crippen LogP) is 4.52. The fraction of sp³-hybridized carbons (Fsp3) is 0.222. The van der Waals surface area contributed by atoms with Gasteiger partial charge in [-0.25, -0.2) is 0 Å². The maximum absolute atomic E-state index is 12.1. The number of carbonyl (C=O) groups is 2. The van der Waals surface area contributed by atoms with Crippen LogP contribution in [0.25, 0.3) is 0 Å². The number of hydrogen-bond donors (Lipinski definition) is 2. The molecule has 2 N–H and O–H groups in total. The summed E-state index contributed by atoms with van der Waals surface area (Å²) in [6.07, 6.45) is 2.14. The number of amides is 2. The molecule has 2 aromatic rings. The van der Waals surface area contributed by atoms with E-state index in [4.69, 9.17) is 23.2 Å². The smallest absolute Gasteiger partial charge is 0.228 e. The maximum atomic E-state index is 12.1. The van der Waals surface area contributed by atoms with Gasteiger partial charge >= 0.3 is 0 Å². The summed E-state index contributed by atoms with van der Waals surface area (Å²) in [6, 6.07) is 12.2. The molecule has 3 rings (SSSR count). The van der Waals surface area contributed by atoms with Crippen molar-refractivity contribution in [3.05, 3.63) is 58.1 Å². The lowest BCUT2D eigenvalue weighted by atomic mass is 10.1. The summed E-state index contributed by atoms with van der Waals surface area (Å²) < 4.78 is 0. The quantitative estimate of drug-likeness (QED) is 0.820. The second-order valence-electron chi connectivity index (χ2n) is 5.81. The first-order chi connectivity index (χ1) is 11.5. The Hall–Kier alpha value is -2.04. The standard InChI is InChI=1S/C18H16Cl2N2O2/c19-15-8-1-11(9-16(15)20)10-17(23)21-13-4-6-14(7-5-13)22-18(24)12-2-3-12/h1,4-9,12H,2-3,10H2,(H,21,23)(H,22,24). The van der Waals surface area contributed by atoms with E-state index in [1.54, 1.807) is 42.5 Å². The van der Waals surface area contributed by atoms with Crippen LogP contribution in [0.1, 0.15) is 18.4 Å². The van der Waals surface area contributed by atoms with Crippen molar-refractivity contribution in [2.24, 2.45) is 5.92 Å². The molecule has 0 aliphatic heterocycles. The number of hydrogen-bond acceptors (Lipinski definition) is 2. The van der Waals surface area contributed by atoms with Crippen LogP contribution in [-0.4, -0.2) is 11.8 Å². The van der Waals surface area contributed by atoms with Crippen LogP contribution < -0.4 is 10.6 Å². The summed E-state index contributed by atoms with van der Waals surface area (Å²) in [7, 11) is 0.